The summed E-state index contributed by atoms with van der Waals surface area (Å²) in [5.41, 5.74) is 3.07. The van der Waals surface area contributed by atoms with Crippen molar-refractivity contribution in [2.24, 2.45) is 0 Å². The minimum absolute atomic E-state index is 0.0164. The number of hydrogen-bond acceptors (Lipinski definition) is 4. The molecule has 0 radical (unpaired) electrons. The third-order valence-electron chi connectivity index (χ3n) is 6.26. The van der Waals surface area contributed by atoms with E-state index in [0.717, 1.165) is 43.1 Å². The predicted molar refractivity (Wildman–Crippen MR) is 121 cm³/mol. The smallest absolute Gasteiger partial charge is 0.227 e. The SMILES string of the molecule is COc1ccc(C(CNC(=O)Cc2ccc(N3CCCC3=O)cc2)N2CCCC2)cc1. The van der Waals surface area contributed by atoms with E-state index in [1.54, 1.807) is 7.11 Å². The molecule has 2 aromatic rings. The van der Waals surface area contributed by atoms with Gasteiger partial charge in [0.2, 0.25) is 11.8 Å². The number of nitrogens with zero attached hydrogens (tertiary/aromatic N) is 2. The number of methoxy groups -OCH3 is 1. The highest BCUT2D eigenvalue weighted by Gasteiger charge is 2.24. The van der Waals surface area contributed by atoms with Gasteiger partial charge in [-0.25, -0.2) is 0 Å². The minimum Gasteiger partial charge on any atom is -0.497 e. The Hall–Kier alpha value is -2.86. The fourth-order valence-corrected chi connectivity index (χ4v) is 4.51. The predicted octanol–water partition coefficient (Wildman–Crippen LogP) is 3.32. The Kier molecular flexibility index (Phi) is 6.87. The lowest BCUT2D eigenvalue weighted by atomic mass is 10.0. The lowest BCUT2D eigenvalue weighted by Crippen LogP contribution is -2.37. The first-order valence-electron chi connectivity index (χ1n) is 11.2. The molecule has 2 amide bonds. The molecule has 2 aliphatic heterocycles. The topological polar surface area (TPSA) is 61.9 Å². The number of carbonyl (C=O) groups is 2. The molecule has 1 unspecified atom stereocenters. The van der Waals surface area contributed by atoms with Gasteiger partial charge >= 0.3 is 0 Å². The Bertz CT molecular complexity index is 889. The summed E-state index contributed by atoms with van der Waals surface area (Å²) >= 11 is 0. The highest BCUT2D eigenvalue weighted by Crippen LogP contribution is 2.26. The molecule has 0 spiro atoms. The molecular formula is C25H31N3O3. The number of hydrogen-bond donors (Lipinski definition) is 1. The van der Waals surface area contributed by atoms with Crippen LogP contribution in [-0.2, 0) is 16.0 Å². The summed E-state index contributed by atoms with van der Waals surface area (Å²) in [7, 11) is 1.67. The number of likely N-dealkylation sites (tertiary alicyclic amines) is 1. The van der Waals surface area contributed by atoms with Crippen LogP contribution in [0.25, 0.3) is 0 Å². The number of carbonyl (C=O) groups excluding carboxylic acids is 2. The van der Waals surface area contributed by atoms with Gasteiger partial charge in [-0.2, -0.15) is 0 Å². The summed E-state index contributed by atoms with van der Waals surface area (Å²) in [4.78, 5) is 28.8. The molecule has 2 fully saturated rings. The van der Waals surface area contributed by atoms with Gasteiger partial charge in [0, 0.05) is 25.2 Å². The van der Waals surface area contributed by atoms with E-state index in [4.69, 9.17) is 4.74 Å². The van der Waals surface area contributed by atoms with E-state index < -0.39 is 0 Å². The summed E-state index contributed by atoms with van der Waals surface area (Å²) in [6.45, 7) is 3.49. The van der Waals surface area contributed by atoms with Gasteiger partial charge in [0.25, 0.3) is 0 Å². The maximum Gasteiger partial charge on any atom is 0.227 e. The van der Waals surface area contributed by atoms with Gasteiger partial charge in [0.15, 0.2) is 0 Å². The van der Waals surface area contributed by atoms with Crippen molar-refractivity contribution in [1.82, 2.24) is 10.2 Å². The zero-order valence-electron chi connectivity index (χ0n) is 18.2. The summed E-state index contributed by atoms with van der Waals surface area (Å²) in [6.07, 6.45) is 4.27. The standard InChI is InChI=1S/C25H31N3O3/c1-31-22-12-8-20(9-13-22)23(27-14-2-3-15-27)18-26-24(29)17-19-6-10-21(11-7-19)28-16-4-5-25(28)30/h6-13,23H,2-5,14-18H2,1H3,(H,26,29). The van der Waals surface area contributed by atoms with Crippen LogP contribution in [0.2, 0.25) is 0 Å². The van der Waals surface area contributed by atoms with Crippen LogP contribution in [0.5, 0.6) is 5.75 Å². The second-order valence-corrected chi connectivity index (χ2v) is 8.33. The van der Waals surface area contributed by atoms with Crippen LogP contribution in [0, 0.1) is 0 Å². The van der Waals surface area contributed by atoms with Crippen LogP contribution in [0.4, 0.5) is 5.69 Å². The summed E-state index contributed by atoms with van der Waals surface area (Å²) < 4.78 is 5.28. The molecule has 0 bridgehead atoms. The van der Waals surface area contributed by atoms with Crippen molar-refractivity contribution in [3.8, 4) is 5.75 Å². The molecule has 0 aliphatic carbocycles. The van der Waals surface area contributed by atoms with Crippen molar-refractivity contribution in [2.45, 2.75) is 38.1 Å². The van der Waals surface area contributed by atoms with Gasteiger partial charge in [-0.05, 0) is 67.7 Å². The maximum absolute atomic E-state index is 12.6. The van der Waals surface area contributed by atoms with Crippen molar-refractivity contribution in [3.05, 3.63) is 59.7 Å². The molecule has 1 atom stereocenters. The number of benzene rings is 2. The Morgan fingerprint density at radius 1 is 1.00 bits per heavy atom. The van der Waals surface area contributed by atoms with E-state index in [2.05, 4.69) is 22.3 Å². The monoisotopic (exact) mass is 421 g/mol. The Morgan fingerprint density at radius 2 is 1.71 bits per heavy atom. The Labute approximate surface area is 184 Å². The van der Waals surface area contributed by atoms with Gasteiger partial charge in [-0.3, -0.25) is 14.5 Å². The normalized spacial score (nSPS) is 17.7. The highest BCUT2D eigenvalue weighted by molar-refractivity contribution is 5.95. The molecule has 6 heteroatoms. The molecule has 31 heavy (non-hydrogen) atoms. The van der Waals surface area contributed by atoms with E-state index in [0.29, 0.717) is 19.4 Å². The summed E-state index contributed by atoms with van der Waals surface area (Å²) in [5.74, 6) is 1.03. The van der Waals surface area contributed by atoms with Crippen LogP contribution in [-0.4, -0.2) is 50.0 Å². The molecule has 1 N–H and O–H groups in total. The van der Waals surface area contributed by atoms with Crippen molar-refractivity contribution in [3.63, 3.8) is 0 Å². The first-order chi connectivity index (χ1) is 15.1. The van der Waals surface area contributed by atoms with Crippen LogP contribution >= 0.6 is 0 Å². The van der Waals surface area contributed by atoms with E-state index in [1.807, 2.05) is 41.3 Å². The van der Waals surface area contributed by atoms with Gasteiger partial charge < -0.3 is 15.0 Å². The van der Waals surface area contributed by atoms with Gasteiger partial charge in [0.05, 0.1) is 19.6 Å². The van der Waals surface area contributed by atoms with Gasteiger partial charge in [-0.15, -0.1) is 0 Å². The zero-order chi connectivity index (χ0) is 21.6. The van der Waals surface area contributed by atoms with Crippen molar-refractivity contribution in [1.29, 1.82) is 0 Å². The lowest BCUT2D eigenvalue weighted by molar-refractivity contribution is -0.120. The lowest BCUT2D eigenvalue weighted by Gasteiger charge is -2.28. The van der Waals surface area contributed by atoms with Crippen molar-refractivity contribution < 1.29 is 14.3 Å². The number of rotatable bonds is 8. The largest absolute Gasteiger partial charge is 0.497 e. The highest BCUT2D eigenvalue weighted by atomic mass is 16.5. The minimum atomic E-state index is 0.0164. The summed E-state index contributed by atoms with van der Waals surface area (Å²) in [5, 5.41) is 3.14. The molecule has 2 aliphatic rings. The molecule has 164 valence electrons. The molecule has 2 aromatic carbocycles. The molecule has 6 nitrogen and oxygen atoms in total. The van der Waals surface area contributed by atoms with E-state index in [1.165, 1.54) is 18.4 Å². The molecule has 2 heterocycles. The van der Waals surface area contributed by atoms with E-state index >= 15 is 0 Å². The van der Waals surface area contributed by atoms with Gasteiger partial charge in [-0.1, -0.05) is 24.3 Å². The Balaban J connectivity index is 1.35. The number of nitrogens with one attached hydrogen (secondary N) is 1. The first kappa shape index (κ1) is 21.4. The van der Waals surface area contributed by atoms with E-state index in [9.17, 15) is 9.59 Å². The molecule has 2 saturated heterocycles. The number of ether oxygens (including phenoxy) is 1. The quantitative estimate of drug-likeness (QED) is 0.710. The molecule has 0 aromatic heterocycles. The number of amides is 2. The molecule has 0 saturated carbocycles. The third kappa shape index (κ3) is 5.25. The van der Waals surface area contributed by atoms with E-state index in [-0.39, 0.29) is 17.9 Å². The van der Waals surface area contributed by atoms with Crippen LogP contribution in [0.3, 0.4) is 0 Å². The average molecular weight is 422 g/mol. The molecule has 4 rings (SSSR count). The Morgan fingerprint density at radius 3 is 2.32 bits per heavy atom. The van der Waals surface area contributed by atoms with Crippen LogP contribution < -0.4 is 15.0 Å². The molecular weight excluding hydrogens is 390 g/mol. The second-order valence-electron chi connectivity index (χ2n) is 8.33. The average Bonchev–Trinajstić information content (AvgIpc) is 3.47. The zero-order valence-corrected chi connectivity index (χ0v) is 18.2. The van der Waals surface area contributed by atoms with Gasteiger partial charge in [0.1, 0.15) is 5.75 Å². The third-order valence-corrected chi connectivity index (χ3v) is 6.26. The maximum atomic E-state index is 12.6. The first-order valence-corrected chi connectivity index (χ1v) is 11.2. The number of anilines is 1. The van der Waals surface area contributed by atoms with Crippen LogP contribution in [0.15, 0.2) is 48.5 Å². The second kappa shape index (κ2) is 9.96. The fourth-order valence-electron chi connectivity index (χ4n) is 4.51. The summed E-state index contributed by atoms with van der Waals surface area (Å²) in [6, 6.07) is 16.1. The fraction of sp³-hybridized carbons (Fsp3) is 0.440. The van der Waals surface area contributed by atoms with Crippen LogP contribution in [0.1, 0.15) is 42.9 Å². The van der Waals surface area contributed by atoms with Crippen molar-refractivity contribution >= 4 is 17.5 Å². The van der Waals surface area contributed by atoms with Crippen molar-refractivity contribution in [2.75, 3.05) is 38.2 Å².